The molecule has 0 radical (unpaired) electrons. The third-order valence-corrected chi connectivity index (χ3v) is 4.38. The molecule has 0 atom stereocenters. The highest BCUT2D eigenvalue weighted by Gasteiger charge is 1.97. The summed E-state index contributed by atoms with van der Waals surface area (Å²) >= 11 is 0. The molecule has 0 aliphatic carbocycles. The Morgan fingerprint density at radius 3 is 1.85 bits per heavy atom. The normalized spacial score (nSPS) is 10.8. The summed E-state index contributed by atoms with van der Waals surface area (Å²) in [5.41, 5.74) is 1.65. The first-order valence-electron chi connectivity index (χ1n) is 10.2. The fourth-order valence-electron chi connectivity index (χ4n) is 2.63. The van der Waals surface area contributed by atoms with Crippen LogP contribution in [0, 0.1) is 0 Å². The lowest BCUT2D eigenvalue weighted by atomic mass is 10.1. The van der Waals surface area contributed by atoms with E-state index in [1.165, 1.54) is 63.4 Å². The van der Waals surface area contributed by atoms with E-state index < -0.39 is 5.97 Å². The molecule has 1 aromatic rings. The zero-order chi connectivity index (χ0) is 19.5. The average Bonchev–Trinajstić information content (AvgIpc) is 2.67. The van der Waals surface area contributed by atoms with Crippen LogP contribution in [-0.4, -0.2) is 11.1 Å². The van der Waals surface area contributed by atoms with E-state index in [1.807, 2.05) is 42.5 Å². The molecular weight excluding hydrogens is 320 g/mol. The number of aliphatic carboxylic acids is 1. The first kappa shape index (κ1) is 24.2. The quantitative estimate of drug-likeness (QED) is 0.290. The van der Waals surface area contributed by atoms with Crippen molar-refractivity contribution in [2.45, 2.75) is 84.5 Å². The highest BCUT2D eigenvalue weighted by atomic mass is 16.4. The van der Waals surface area contributed by atoms with Gasteiger partial charge in [-0.1, -0.05) is 114 Å². The molecule has 0 saturated carbocycles. The van der Waals surface area contributed by atoms with E-state index in [0.29, 0.717) is 5.57 Å². The van der Waals surface area contributed by atoms with Crippen molar-refractivity contribution in [3.63, 3.8) is 0 Å². The van der Waals surface area contributed by atoms with Gasteiger partial charge in [0, 0.05) is 5.57 Å². The van der Waals surface area contributed by atoms with Crippen LogP contribution in [0.15, 0.2) is 48.6 Å². The Morgan fingerprint density at radius 2 is 1.42 bits per heavy atom. The van der Waals surface area contributed by atoms with Crippen LogP contribution in [0.3, 0.4) is 0 Å². The molecule has 1 aromatic carbocycles. The number of carbonyl (C=O) groups is 1. The molecule has 0 bridgehead atoms. The molecule has 2 heteroatoms. The Labute approximate surface area is 161 Å². The molecule has 1 N–H and O–H groups in total. The monoisotopic (exact) mass is 358 g/mol. The summed E-state index contributed by atoms with van der Waals surface area (Å²) in [4.78, 5) is 10.5. The molecule has 26 heavy (non-hydrogen) atoms. The van der Waals surface area contributed by atoms with Crippen molar-refractivity contribution >= 4 is 12.0 Å². The summed E-state index contributed by atoms with van der Waals surface area (Å²) in [6.07, 6.45) is 17.8. The second-order valence-corrected chi connectivity index (χ2v) is 6.78. The first-order valence-corrected chi connectivity index (χ1v) is 10.2. The van der Waals surface area contributed by atoms with E-state index in [1.54, 1.807) is 6.92 Å². The van der Waals surface area contributed by atoms with Crippen molar-refractivity contribution in [1.29, 1.82) is 0 Å². The van der Waals surface area contributed by atoms with Gasteiger partial charge in [0.2, 0.25) is 0 Å². The van der Waals surface area contributed by atoms with Gasteiger partial charge in [-0.3, -0.25) is 0 Å². The largest absolute Gasteiger partial charge is 0.478 e. The van der Waals surface area contributed by atoms with Crippen LogP contribution >= 0.6 is 0 Å². The molecule has 0 aromatic heterocycles. The Morgan fingerprint density at radius 1 is 0.923 bits per heavy atom. The van der Waals surface area contributed by atoms with E-state index in [0.717, 1.165) is 12.8 Å². The Kier molecular flexibility index (Phi) is 16.7. The van der Waals surface area contributed by atoms with E-state index in [9.17, 15) is 4.79 Å². The van der Waals surface area contributed by atoms with Gasteiger partial charge in [0.25, 0.3) is 0 Å². The molecule has 0 aliphatic rings. The summed E-state index contributed by atoms with van der Waals surface area (Å²) in [5.74, 6) is -0.790. The van der Waals surface area contributed by atoms with Crippen LogP contribution in [0.1, 0.15) is 90.0 Å². The zero-order valence-electron chi connectivity index (χ0n) is 16.9. The van der Waals surface area contributed by atoms with Gasteiger partial charge in [-0.15, -0.1) is 0 Å². The van der Waals surface area contributed by atoms with Crippen LogP contribution in [0.25, 0.3) is 6.08 Å². The Hall–Kier alpha value is -1.83. The number of allylic oxidation sites excluding steroid dienone is 1. The van der Waals surface area contributed by atoms with Crippen molar-refractivity contribution in [2.75, 3.05) is 0 Å². The summed E-state index contributed by atoms with van der Waals surface area (Å²) in [7, 11) is 0. The lowest BCUT2D eigenvalue weighted by Gasteiger charge is -2.01. The summed E-state index contributed by atoms with van der Waals surface area (Å²) in [6, 6.07) is 10.0. The van der Waals surface area contributed by atoms with Crippen molar-refractivity contribution in [2.24, 2.45) is 0 Å². The Balaban J connectivity index is 0.000000642. The number of rotatable bonds is 13. The maximum atomic E-state index is 10.5. The number of carboxylic acids is 1. The van der Waals surface area contributed by atoms with E-state index in [-0.39, 0.29) is 0 Å². The van der Waals surface area contributed by atoms with Gasteiger partial charge in [0.05, 0.1) is 0 Å². The zero-order valence-corrected chi connectivity index (χ0v) is 16.9. The number of carboxylic acid groups (broad SMARTS) is 1. The maximum Gasteiger partial charge on any atom is 0.330 e. The van der Waals surface area contributed by atoms with Gasteiger partial charge in [0.15, 0.2) is 0 Å². The van der Waals surface area contributed by atoms with Crippen LogP contribution in [0.5, 0.6) is 0 Å². The fraction of sp³-hybridized carbons (Fsp3) is 0.542. The predicted octanol–water partition coefficient (Wildman–Crippen LogP) is 7.66. The van der Waals surface area contributed by atoms with E-state index >= 15 is 0 Å². The van der Waals surface area contributed by atoms with Crippen molar-refractivity contribution < 1.29 is 9.90 Å². The molecular formula is C24H38O2. The third kappa shape index (κ3) is 15.7. The van der Waals surface area contributed by atoms with E-state index in [2.05, 4.69) is 13.5 Å². The van der Waals surface area contributed by atoms with Crippen LogP contribution in [0.2, 0.25) is 0 Å². The van der Waals surface area contributed by atoms with E-state index in [4.69, 9.17) is 5.11 Å². The van der Waals surface area contributed by atoms with Gasteiger partial charge in [-0.05, 0) is 25.3 Å². The average molecular weight is 359 g/mol. The lowest BCUT2D eigenvalue weighted by Crippen LogP contribution is -1.95. The smallest absolute Gasteiger partial charge is 0.330 e. The molecule has 0 heterocycles. The number of hydrogen-bond acceptors (Lipinski definition) is 1. The predicted molar refractivity (Wildman–Crippen MR) is 114 cm³/mol. The first-order chi connectivity index (χ1) is 12.6. The lowest BCUT2D eigenvalue weighted by molar-refractivity contribution is -0.132. The summed E-state index contributed by atoms with van der Waals surface area (Å²) in [5, 5.41) is 8.68. The van der Waals surface area contributed by atoms with Gasteiger partial charge in [-0.2, -0.15) is 0 Å². The molecule has 1 rings (SSSR count). The summed E-state index contributed by atoms with van der Waals surface area (Å²) in [6.45, 7) is 7.55. The van der Waals surface area contributed by atoms with Crippen molar-refractivity contribution in [1.82, 2.24) is 0 Å². The number of unbranched alkanes of at least 4 members (excludes halogenated alkanes) is 10. The standard InChI is InChI=1S/C16H30O2.C8H8/c1-3-4-5-6-7-8-9-10-11-12-13-14-15(2)16(17)18;1-2-8-6-4-3-5-7-8/h14H,3-13H2,1-2H3,(H,17,18);2-7H,1H2. The molecule has 0 saturated heterocycles. The van der Waals surface area contributed by atoms with Crippen molar-refractivity contribution in [3.05, 3.63) is 54.1 Å². The molecule has 0 amide bonds. The minimum Gasteiger partial charge on any atom is -0.478 e. The van der Waals surface area contributed by atoms with Gasteiger partial charge in [0.1, 0.15) is 0 Å². The second kappa shape index (κ2) is 18.0. The van der Waals surface area contributed by atoms with Crippen LogP contribution < -0.4 is 0 Å². The van der Waals surface area contributed by atoms with Crippen LogP contribution in [-0.2, 0) is 4.79 Å². The number of hydrogen-bond donors (Lipinski definition) is 1. The van der Waals surface area contributed by atoms with Gasteiger partial charge >= 0.3 is 5.97 Å². The maximum absolute atomic E-state index is 10.5. The molecule has 0 unspecified atom stereocenters. The minimum absolute atomic E-state index is 0.478. The molecule has 2 nitrogen and oxygen atoms in total. The highest BCUT2D eigenvalue weighted by Crippen LogP contribution is 2.11. The fourth-order valence-corrected chi connectivity index (χ4v) is 2.63. The topological polar surface area (TPSA) is 37.3 Å². The van der Waals surface area contributed by atoms with Gasteiger partial charge < -0.3 is 5.11 Å². The highest BCUT2D eigenvalue weighted by molar-refractivity contribution is 5.85. The SMILES string of the molecule is C=Cc1ccccc1.CCCCCCCCCCCCC=C(C)C(=O)O. The minimum atomic E-state index is -0.790. The summed E-state index contributed by atoms with van der Waals surface area (Å²) < 4.78 is 0. The third-order valence-electron chi connectivity index (χ3n) is 4.38. The van der Waals surface area contributed by atoms with Gasteiger partial charge in [-0.25, -0.2) is 4.79 Å². The number of benzene rings is 1. The van der Waals surface area contributed by atoms with Crippen molar-refractivity contribution in [3.8, 4) is 0 Å². The Bertz CT molecular complexity index is 488. The van der Waals surface area contributed by atoms with Crippen LogP contribution in [0.4, 0.5) is 0 Å². The molecule has 0 fully saturated rings. The molecule has 0 spiro atoms. The molecule has 146 valence electrons. The molecule has 0 aliphatic heterocycles. The second-order valence-electron chi connectivity index (χ2n) is 6.78.